The van der Waals surface area contributed by atoms with Crippen molar-refractivity contribution >= 4 is 27.5 Å². The SMILES string of the molecule is CCCCNC(=O)C(CC)N(Cc1ccccc1C)C(=O)CN(c1cc(OC)ccc1OC)S(=O)(=O)c1ccc(C)cc1. The zero-order valence-corrected chi connectivity index (χ0v) is 26.7. The van der Waals surface area contributed by atoms with Crippen LogP contribution in [0.15, 0.2) is 71.6 Å². The fourth-order valence-corrected chi connectivity index (χ4v) is 6.16. The molecule has 1 N–H and O–H groups in total. The molecule has 0 heterocycles. The van der Waals surface area contributed by atoms with E-state index in [2.05, 4.69) is 5.32 Å². The van der Waals surface area contributed by atoms with Gasteiger partial charge >= 0.3 is 0 Å². The molecule has 2 amide bonds. The summed E-state index contributed by atoms with van der Waals surface area (Å²) in [5.74, 6) is -0.156. The summed E-state index contributed by atoms with van der Waals surface area (Å²) in [6, 6.07) is 18.0. The molecule has 0 aliphatic rings. The van der Waals surface area contributed by atoms with E-state index in [4.69, 9.17) is 9.47 Å². The summed E-state index contributed by atoms with van der Waals surface area (Å²) in [7, 11) is -1.35. The molecule has 0 saturated heterocycles. The van der Waals surface area contributed by atoms with E-state index in [-0.39, 0.29) is 28.8 Å². The molecule has 3 aromatic rings. The van der Waals surface area contributed by atoms with Gasteiger partial charge in [-0.25, -0.2) is 8.42 Å². The van der Waals surface area contributed by atoms with E-state index in [0.29, 0.717) is 18.7 Å². The Morgan fingerprint density at radius 2 is 1.63 bits per heavy atom. The molecule has 0 saturated carbocycles. The predicted molar refractivity (Wildman–Crippen MR) is 169 cm³/mol. The van der Waals surface area contributed by atoms with Crippen molar-refractivity contribution in [3.05, 3.63) is 83.4 Å². The second kappa shape index (κ2) is 15.4. The van der Waals surface area contributed by atoms with Gasteiger partial charge < -0.3 is 19.7 Å². The number of unbranched alkanes of at least 4 members (excludes halogenated alkanes) is 1. The van der Waals surface area contributed by atoms with E-state index in [9.17, 15) is 18.0 Å². The molecule has 3 rings (SSSR count). The van der Waals surface area contributed by atoms with E-state index in [1.165, 1.54) is 37.3 Å². The highest BCUT2D eigenvalue weighted by Gasteiger charge is 2.35. The van der Waals surface area contributed by atoms with Gasteiger partial charge in [0.05, 0.1) is 24.8 Å². The minimum Gasteiger partial charge on any atom is -0.497 e. The first-order valence-electron chi connectivity index (χ1n) is 14.5. The number of anilines is 1. The summed E-state index contributed by atoms with van der Waals surface area (Å²) in [5.41, 5.74) is 2.86. The van der Waals surface area contributed by atoms with Crippen molar-refractivity contribution in [3.8, 4) is 11.5 Å². The Balaban J connectivity index is 2.14. The van der Waals surface area contributed by atoms with E-state index in [1.54, 1.807) is 24.3 Å². The second-order valence-corrected chi connectivity index (χ2v) is 12.2. The van der Waals surface area contributed by atoms with Gasteiger partial charge in [0.15, 0.2) is 0 Å². The molecule has 0 aliphatic heterocycles. The van der Waals surface area contributed by atoms with Gasteiger partial charge in [-0.1, -0.05) is 62.2 Å². The van der Waals surface area contributed by atoms with Crippen molar-refractivity contribution in [2.45, 2.75) is 64.4 Å². The van der Waals surface area contributed by atoms with Crippen molar-refractivity contribution in [2.75, 3.05) is 31.6 Å². The van der Waals surface area contributed by atoms with Crippen molar-refractivity contribution in [1.82, 2.24) is 10.2 Å². The van der Waals surface area contributed by atoms with Crippen LogP contribution in [0.25, 0.3) is 0 Å². The van der Waals surface area contributed by atoms with E-state index >= 15 is 0 Å². The van der Waals surface area contributed by atoms with Gasteiger partial charge in [0.1, 0.15) is 24.1 Å². The number of ether oxygens (including phenoxy) is 2. The Labute approximate surface area is 255 Å². The van der Waals surface area contributed by atoms with Crippen LogP contribution in [0.4, 0.5) is 5.69 Å². The zero-order chi connectivity index (χ0) is 31.6. The smallest absolute Gasteiger partial charge is 0.264 e. The monoisotopic (exact) mass is 609 g/mol. The Kier molecular flexibility index (Phi) is 12.0. The van der Waals surface area contributed by atoms with Crippen molar-refractivity contribution in [3.63, 3.8) is 0 Å². The minimum atomic E-state index is -4.26. The third kappa shape index (κ3) is 8.28. The molecule has 0 bridgehead atoms. The standard InChI is InChI=1S/C33H43N3O6S/c1-7-9-20-34-33(38)29(8-2)35(22-26-13-11-10-12-25(26)4)32(37)23-36(30-21-27(41-5)16-19-31(30)42-6)43(39,40)28-17-14-24(3)15-18-28/h10-19,21,29H,7-9,20,22-23H2,1-6H3,(H,34,38). The Hall–Kier alpha value is -4.05. The van der Waals surface area contributed by atoms with Crippen LogP contribution in [-0.4, -0.2) is 58.5 Å². The van der Waals surface area contributed by atoms with E-state index in [1.807, 2.05) is 52.0 Å². The summed E-state index contributed by atoms with van der Waals surface area (Å²) in [6.07, 6.45) is 2.08. The highest BCUT2D eigenvalue weighted by molar-refractivity contribution is 7.92. The van der Waals surface area contributed by atoms with Crippen LogP contribution in [0.2, 0.25) is 0 Å². The molecule has 0 aliphatic carbocycles. The number of amides is 2. The number of rotatable bonds is 15. The average Bonchev–Trinajstić information content (AvgIpc) is 3.00. The van der Waals surface area contributed by atoms with Crippen molar-refractivity contribution < 1.29 is 27.5 Å². The lowest BCUT2D eigenvalue weighted by Gasteiger charge is -2.34. The van der Waals surface area contributed by atoms with E-state index in [0.717, 1.165) is 33.8 Å². The Bertz CT molecular complexity index is 1490. The van der Waals surface area contributed by atoms with Gasteiger partial charge in [-0.2, -0.15) is 0 Å². The molecular weight excluding hydrogens is 566 g/mol. The Morgan fingerprint density at radius 3 is 2.23 bits per heavy atom. The third-order valence-electron chi connectivity index (χ3n) is 7.36. The minimum absolute atomic E-state index is 0.0191. The van der Waals surface area contributed by atoms with Crippen LogP contribution in [0.1, 0.15) is 49.8 Å². The summed E-state index contributed by atoms with van der Waals surface area (Å²) >= 11 is 0. The van der Waals surface area contributed by atoms with Gasteiger partial charge in [0.2, 0.25) is 11.8 Å². The number of sulfonamides is 1. The number of hydrogen-bond donors (Lipinski definition) is 1. The third-order valence-corrected chi connectivity index (χ3v) is 9.13. The van der Waals surface area contributed by atoms with Crippen LogP contribution < -0.4 is 19.1 Å². The number of hydrogen-bond acceptors (Lipinski definition) is 6. The number of benzene rings is 3. The maximum absolute atomic E-state index is 14.3. The van der Waals surface area contributed by atoms with Crippen LogP contribution in [0, 0.1) is 13.8 Å². The van der Waals surface area contributed by atoms with Crippen molar-refractivity contribution in [1.29, 1.82) is 0 Å². The molecule has 0 fully saturated rings. The number of carbonyl (C=O) groups excluding carboxylic acids is 2. The fraction of sp³-hybridized carbons (Fsp3) is 0.394. The summed E-state index contributed by atoms with van der Waals surface area (Å²) in [6.45, 7) is 7.75. The lowest BCUT2D eigenvalue weighted by atomic mass is 10.1. The molecule has 43 heavy (non-hydrogen) atoms. The molecule has 1 atom stereocenters. The lowest BCUT2D eigenvalue weighted by molar-refractivity contribution is -0.140. The number of methoxy groups -OCH3 is 2. The van der Waals surface area contributed by atoms with Gasteiger partial charge in [0.25, 0.3) is 10.0 Å². The molecule has 0 radical (unpaired) electrons. The molecule has 1 unspecified atom stereocenters. The van der Waals surface area contributed by atoms with Crippen LogP contribution >= 0.6 is 0 Å². The fourth-order valence-electron chi connectivity index (χ4n) is 4.74. The van der Waals surface area contributed by atoms with Gasteiger partial charge in [-0.05, 0) is 62.1 Å². The van der Waals surface area contributed by atoms with Gasteiger partial charge in [0, 0.05) is 19.2 Å². The van der Waals surface area contributed by atoms with Crippen LogP contribution in [-0.2, 0) is 26.2 Å². The average molecular weight is 610 g/mol. The predicted octanol–water partition coefficient (Wildman–Crippen LogP) is 5.24. The highest BCUT2D eigenvalue weighted by Crippen LogP contribution is 2.36. The second-order valence-electron chi connectivity index (χ2n) is 10.4. The molecule has 3 aromatic carbocycles. The molecule has 10 heteroatoms. The first-order valence-corrected chi connectivity index (χ1v) is 15.9. The number of aryl methyl sites for hydroxylation is 2. The summed E-state index contributed by atoms with van der Waals surface area (Å²) in [5, 5.41) is 2.95. The van der Waals surface area contributed by atoms with Crippen molar-refractivity contribution in [2.24, 2.45) is 0 Å². The van der Waals surface area contributed by atoms with E-state index < -0.39 is 28.5 Å². The number of nitrogens with zero attached hydrogens (tertiary/aromatic N) is 2. The first-order chi connectivity index (χ1) is 20.6. The molecule has 232 valence electrons. The van der Waals surface area contributed by atoms with Crippen LogP contribution in [0.3, 0.4) is 0 Å². The van der Waals surface area contributed by atoms with Gasteiger partial charge in [-0.15, -0.1) is 0 Å². The van der Waals surface area contributed by atoms with Gasteiger partial charge in [-0.3, -0.25) is 13.9 Å². The summed E-state index contributed by atoms with van der Waals surface area (Å²) < 4.78 is 40.4. The number of nitrogens with one attached hydrogen (secondary N) is 1. The largest absolute Gasteiger partial charge is 0.497 e. The topological polar surface area (TPSA) is 105 Å². The highest BCUT2D eigenvalue weighted by atomic mass is 32.2. The number of carbonyl (C=O) groups is 2. The molecule has 9 nitrogen and oxygen atoms in total. The summed E-state index contributed by atoms with van der Waals surface area (Å²) in [4.78, 5) is 29.2. The molecule has 0 aromatic heterocycles. The zero-order valence-electron chi connectivity index (χ0n) is 25.9. The normalized spacial score (nSPS) is 11.9. The molecule has 0 spiro atoms. The first kappa shape index (κ1) is 33.5. The maximum atomic E-state index is 14.3. The quantitative estimate of drug-likeness (QED) is 0.236. The maximum Gasteiger partial charge on any atom is 0.264 e. The Morgan fingerprint density at radius 1 is 0.930 bits per heavy atom. The van der Waals surface area contributed by atoms with Crippen LogP contribution in [0.5, 0.6) is 11.5 Å². The lowest BCUT2D eigenvalue weighted by Crippen LogP contribution is -2.52. The molecular formula is C33H43N3O6S.